The van der Waals surface area contributed by atoms with Crippen LogP contribution in [-0.2, 0) is 16.0 Å². The number of nitrogens with one attached hydrogen (secondary N) is 1. The standard InChI is InChI=1S/C20H30N4O2.HI/c1-21-20(22-11-5-9-17-7-3-2-4-8-17)24-14-12-23(13-15-24)19(25)18-10-6-16-26-18;/h2-4,7-8,18H,5-6,9-16H2,1H3,(H,21,22);1H. The molecule has 6 nitrogen and oxygen atoms in total. The number of ether oxygens (including phenoxy) is 1. The first-order valence-electron chi connectivity index (χ1n) is 9.68. The first-order chi connectivity index (χ1) is 12.8. The van der Waals surface area contributed by atoms with Crippen LogP contribution in [0.4, 0.5) is 0 Å². The predicted octanol–water partition coefficient (Wildman–Crippen LogP) is 2.14. The van der Waals surface area contributed by atoms with E-state index in [9.17, 15) is 4.79 Å². The van der Waals surface area contributed by atoms with Crippen LogP contribution in [0.15, 0.2) is 35.3 Å². The van der Waals surface area contributed by atoms with Crippen molar-refractivity contribution in [1.82, 2.24) is 15.1 Å². The van der Waals surface area contributed by atoms with Gasteiger partial charge < -0.3 is 19.9 Å². The second-order valence-corrected chi connectivity index (χ2v) is 6.88. The van der Waals surface area contributed by atoms with E-state index in [0.717, 1.165) is 71.0 Å². The average molecular weight is 486 g/mol. The Hall–Kier alpha value is -1.35. The van der Waals surface area contributed by atoms with Gasteiger partial charge in [-0.1, -0.05) is 30.3 Å². The number of rotatable bonds is 5. The Bertz CT molecular complexity index is 597. The van der Waals surface area contributed by atoms with Crippen molar-refractivity contribution >= 4 is 35.8 Å². The van der Waals surface area contributed by atoms with Gasteiger partial charge in [0.25, 0.3) is 5.91 Å². The van der Waals surface area contributed by atoms with Crippen molar-refractivity contribution < 1.29 is 9.53 Å². The van der Waals surface area contributed by atoms with Crippen molar-refractivity contribution in [3.05, 3.63) is 35.9 Å². The fourth-order valence-corrected chi connectivity index (χ4v) is 3.58. The van der Waals surface area contributed by atoms with E-state index in [1.54, 1.807) is 0 Å². The Morgan fingerprint density at radius 1 is 1.19 bits per heavy atom. The number of piperazine rings is 1. The predicted molar refractivity (Wildman–Crippen MR) is 119 cm³/mol. The van der Waals surface area contributed by atoms with E-state index in [-0.39, 0.29) is 36.0 Å². The highest BCUT2D eigenvalue weighted by molar-refractivity contribution is 14.0. The number of hydrogen-bond acceptors (Lipinski definition) is 3. The quantitative estimate of drug-likeness (QED) is 0.300. The molecule has 0 saturated carbocycles. The smallest absolute Gasteiger partial charge is 0.251 e. The van der Waals surface area contributed by atoms with E-state index >= 15 is 0 Å². The van der Waals surface area contributed by atoms with Crippen LogP contribution < -0.4 is 5.32 Å². The van der Waals surface area contributed by atoms with Crippen LogP contribution in [0.2, 0.25) is 0 Å². The number of hydrogen-bond donors (Lipinski definition) is 1. The van der Waals surface area contributed by atoms with Crippen molar-refractivity contribution in [2.75, 3.05) is 46.4 Å². The van der Waals surface area contributed by atoms with Crippen molar-refractivity contribution in [2.45, 2.75) is 31.8 Å². The third-order valence-corrected chi connectivity index (χ3v) is 5.08. The maximum atomic E-state index is 12.4. The van der Waals surface area contributed by atoms with E-state index < -0.39 is 0 Å². The zero-order chi connectivity index (χ0) is 18.2. The van der Waals surface area contributed by atoms with Gasteiger partial charge in [0.2, 0.25) is 0 Å². The second kappa shape index (κ2) is 11.5. The lowest BCUT2D eigenvalue weighted by Crippen LogP contribution is -2.55. The number of guanidine groups is 1. The van der Waals surface area contributed by atoms with Crippen LogP contribution in [0.3, 0.4) is 0 Å². The fourth-order valence-electron chi connectivity index (χ4n) is 3.58. The third-order valence-electron chi connectivity index (χ3n) is 5.08. The molecule has 2 heterocycles. The zero-order valence-electron chi connectivity index (χ0n) is 16.1. The number of aliphatic imine (C=N–C) groups is 1. The van der Waals surface area contributed by atoms with Crippen molar-refractivity contribution in [3.8, 4) is 0 Å². The minimum absolute atomic E-state index is 0. The molecule has 1 aromatic carbocycles. The summed E-state index contributed by atoms with van der Waals surface area (Å²) >= 11 is 0. The van der Waals surface area contributed by atoms with Gasteiger partial charge in [-0.15, -0.1) is 24.0 Å². The van der Waals surface area contributed by atoms with Gasteiger partial charge in [-0.25, -0.2) is 0 Å². The number of nitrogens with zero attached hydrogens (tertiary/aromatic N) is 3. The van der Waals surface area contributed by atoms with Gasteiger partial charge in [-0.2, -0.15) is 0 Å². The monoisotopic (exact) mass is 486 g/mol. The lowest BCUT2D eigenvalue weighted by Gasteiger charge is -2.37. The summed E-state index contributed by atoms with van der Waals surface area (Å²) in [6.45, 7) is 4.73. The van der Waals surface area contributed by atoms with Crippen molar-refractivity contribution in [2.24, 2.45) is 4.99 Å². The SMILES string of the molecule is CN=C(NCCCc1ccccc1)N1CCN(C(=O)C2CCCO2)CC1.I. The molecule has 2 aliphatic rings. The minimum Gasteiger partial charge on any atom is -0.368 e. The summed E-state index contributed by atoms with van der Waals surface area (Å²) in [6.07, 6.45) is 3.78. The molecule has 0 radical (unpaired) electrons. The highest BCUT2D eigenvalue weighted by Gasteiger charge is 2.30. The molecular formula is C20H31IN4O2. The Morgan fingerprint density at radius 3 is 2.52 bits per heavy atom. The number of amides is 1. The Labute approximate surface area is 179 Å². The molecule has 2 fully saturated rings. The molecule has 1 N–H and O–H groups in total. The number of aryl methyl sites for hydroxylation is 1. The summed E-state index contributed by atoms with van der Waals surface area (Å²) in [6, 6.07) is 10.5. The normalized spacial score (nSPS) is 20.3. The lowest BCUT2D eigenvalue weighted by atomic mass is 10.1. The van der Waals surface area contributed by atoms with E-state index in [4.69, 9.17) is 4.74 Å². The molecule has 1 unspecified atom stereocenters. The molecule has 27 heavy (non-hydrogen) atoms. The van der Waals surface area contributed by atoms with Gasteiger partial charge in [0, 0.05) is 46.4 Å². The summed E-state index contributed by atoms with van der Waals surface area (Å²) in [7, 11) is 1.82. The van der Waals surface area contributed by atoms with Gasteiger partial charge >= 0.3 is 0 Å². The fraction of sp³-hybridized carbons (Fsp3) is 0.600. The van der Waals surface area contributed by atoms with E-state index in [0.29, 0.717) is 0 Å². The summed E-state index contributed by atoms with van der Waals surface area (Å²) in [5.74, 6) is 1.09. The number of carbonyl (C=O) groups is 1. The van der Waals surface area contributed by atoms with Crippen molar-refractivity contribution in [1.29, 1.82) is 0 Å². The molecule has 0 aliphatic carbocycles. The molecule has 2 aliphatic heterocycles. The molecule has 1 aromatic rings. The van der Waals surface area contributed by atoms with Gasteiger partial charge in [-0.3, -0.25) is 9.79 Å². The third kappa shape index (κ3) is 6.34. The van der Waals surface area contributed by atoms with Gasteiger partial charge in [-0.05, 0) is 31.2 Å². The number of carbonyl (C=O) groups excluding carboxylic acids is 1. The molecule has 2 saturated heterocycles. The molecule has 0 bridgehead atoms. The van der Waals surface area contributed by atoms with Gasteiger partial charge in [0.15, 0.2) is 5.96 Å². The number of benzene rings is 1. The van der Waals surface area contributed by atoms with Gasteiger partial charge in [0.05, 0.1) is 0 Å². The second-order valence-electron chi connectivity index (χ2n) is 6.88. The van der Waals surface area contributed by atoms with E-state index in [1.807, 2.05) is 18.0 Å². The van der Waals surface area contributed by atoms with Gasteiger partial charge in [0.1, 0.15) is 6.10 Å². The summed E-state index contributed by atoms with van der Waals surface area (Å²) in [5.41, 5.74) is 1.37. The zero-order valence-corrected chi connectivity index (χ0v) is 18.4. The Balaban J connectivity index is 0.00000261. The van der Waals surface area contributed by atoms with Crippen molar-refractivity contribution in [3.63, 3.8) is 0 Å². The van der Waals surface area contributed by atoms with E-state index in [1.165, 1.54) is 5.56 Å². The Morgan fingerprint density at radius 2 is 1.89 bits per heavy atom. The largest absolute Gasteiger partial charge is 0.368 e. The molecule has 7 heteroatoms. The summed E-state index contributed by atoms with van der Waals surface area (Å²) in [4.78, 5) is 21.0. The van der Waals surface area contributed by atoms with Crippen LogP contribution in [0.1, 0.15) is 24.8 Å². The maximum absolute atomic E-state index is 12.4. The Kier molecular flexibility index (Phi) is 9.33. The molecule has 0 spiro atoms. The lowest BCUT2D eigenvalue weighted by molar-refractivity contribution is -0.142. The van der Waals surface area contributed by atoms with Crippen LogP contribution in [0.25, 0.3) is 0 Å². The van der Waals surface area contributed by atoms with Crippen LogP contribution >= 0.6 is 24.0 Å². The van der Waals surface area contributed by atoms with Crippen LogP contribution in [-0.4, -0.2) is 74.1 Å². The molecule has 150 valence electrons. The number of halogens is 1. The first-order valence-corrected chi connectivity index (χ1v) is 9.68. The topological polar surface area (TPSA) is 57.2 Å². The maximum Gasteiger partial charge on any atom is 0.251 e. The summed E-state index contributed by atoms with van der Waals surface area (Å²) < 4.78 is 5.52. The minimum atomic E-state index is -0.211. The van der Waals surface area contributed by atoms with Crippen LogP contribution in [0, 0.1) is 0 Å². The highest BCUT2D eigenvalue weighted by Crippen LogP contribution is 2.16. The average Bonchev–Trinajstić information content (AvgIpc) is 3.23. The molecule has 1 amide bonds. The highest BCUT2D eigenvalue weighted by atomic mass is 127. The van der Waals surface area contributed by atoms with E-state index in [2.05, 4.69) is 39.5 Å². The molecular weight excluding hydrogens is 455 g/mol. The molecule has 1 atom stereocenters. The first kappa shape index (κ1) is 21.9. The molecule has 0 aromatic heterocycles. The molecule has 3 rings (SSSR count). The summed E-state index contributed by atoms with van der Waals surface area (Å²) in [5, 5.41) is 3.46. The van der Waals surface area contributed by atoms with Crippen LogP contribution in [0.5, 0.6) is 0 Å².